The molecule has 0 radical (unpaired) electrons. The van der Waals surface area contributed by atoms with E-state index in [-0.39, 0.29) is 0 Å². The van der Waals surface area contributed by atoms with Crippen LogP contribution < -0.4 is 10.2 Å². The summed E-state index contributed by atoms with van der Waals surface area (Å²) < 4.78 is 1.85. The van der Waals surface area contributed by atoms with E-state index in [0.717, 1.165) is 42.6 Å². The SMILES string of the molecule is Cc1nn(C)c(N2CC3CCCNC3C2)c1C#N. The summed E-state index contributed by atoms with van der Waals surface area (Å²) in [4.78, 5) is 2.33. The molecule has 2 saturated heterocycles. The van der Waals surface area contributed by atoms with Crippen molar-refractivity contribution in [2.75, 3.05) is 24.5 Å². The molecule has 2 atom stereocenters. The number of hydrogen-bond acceptors (Lipinski definition) is 4. The van der Waals surface area contributed by atoms with E-state index in [1.807, 2.05) is 18.7 Å². The smallest absolute Gasteiger partial charge is 0.145 e. The van der Waals surface area contributed by atoms with Crippen LogP contribution in [-0.2, 0) is 7.05 Å². The van der Waals surface area contributed by atoms with Gasteiger partial charge in [-0.1, -0.05) is 0 Å². The highest BCUT2D eigenvalue weighted by Gasteiger charge is 2.36. The largest absolute Gasteiger partial charge is 0.354 e. The van der Waals surface area contributed by atoms with Crippen molar-refractivity contribution in [1.82, 2.24) is 15.1 Å². The number of aryl methyl sites for hydroxylation is 2. The predicted octanol–water partition coefficient (Wildman–Crippen LogP) is 0.788. The number of aromatic nitrogens is 2. The molecule has 2 fully saturated rings. The van der Waals surface area contributed by atoms with Gasteiger partial charge in [0.25, 0.3) is 0 Å². The molecule has 18 heavy (non-hydrogen) atoms. The van der Waals surface area contributed by atoms with Gasteiger partial charge in [-0.25, -0.2) is 0 Å². The Morgan fingerprint density at radius 3 is 3.00 bits per heavy atom. The van der Waals surface area contributed by atoms with Gasteiger partial charge in [0.2, 0.25) is 0 Å². The first-order valence-electron chi connectivity index (χ1n) is 6.62. The minimum atomic E-state index is 0.584. The lowest BCUT2D eigenvalue weighted by Crippen LogP contribution is -2.40. The summed E-state index contributed by atoms with van der Waals surface area (Å²) in [5.74, 6) is 1.71. The first kappa shape index (κ1) is 11.5. The second-order valence-corrected chi connectivity index (χ2v) is 5.39. The zero-order chi connectivity index (χ0) is 12.7. The van der Waals surface area contributed by atoms with Gasteiger partial charge in [-0.3, -0.25) is 4.68 Å². The number of anilines is 1. The average molecular weight is 245 g/mol. The molecule has 1 aromatic heterocycles. The van der Waals surface area contributed by atoms with Crippen molar-refractivity contribution in [1.29, 1.82) is 5.26 Å². The number of fused-ring (bicyclic) bond motifs is 1. The van der Waals surface area contributed by atoms with Gasteiger partial charge in [0, 0.05) is 26.2 Å². The molecule has 5 nitrogen and oxygen atoms in total. The fraction of sp³-hybridized carbons (Fsp3) is 0.692. The van der Waals surface area contributed by atoms with Crippen LogP contribution in [-0.4, -0.2) is 35.5 Å². The third-order valence-corrected chi connectivity index (χ3v) is 4.20. The van der Waals surface area contributed by atoms with E-state index in [4.69, 9.17) is 0 Å². The highest BCUT2D eigenvalue weighted by Crippen LogP contribution is 2.31. The van der Waals surface area contributed by atoms with Crippen molar-refractivity contribution in [3.8, 4) is 6.07 Å². The van der Waals surface area contributed by atoms with E-state index < -0.39 is 0 Å². The van der Waals surface area contributed by atoms with Crippen LogP contribution in [0.2, 0.25) is 0 Å². The van der Waals surface area contributed by atoms with Crippen LogP contribution in [0.5, 0.6) is 0 Å². The standard InChI is InChI=1S/C13H19N5/c1-9-11(6-14)13(17(2)16-9)18-7-10-4-3-5-15-12(10)8-18/h10,12,15H,3-5,7-8H2,1-2H3. The Labute approximate surface area is 107 Å². The number of rotatable bonds is 1. The molecule has 1 N–H and O–H groups in total. The summed E-state index contributed by atoms with van der Waals surface area (Å²) in [6.07, 6.45) is 2.57. The van der Waals surface area contributed by atoms with Crippen LogP contribution in [0.15, 0.2) is 0 Å². The summed E-state index contributed by atoms with van der Waals surface area (Å²) in [7, 11) is 1.93. The molecule has 0 saturated carbocycles. The summed E-state index contributed by atoms with van der Waals surface area (Å²) in [6, 6.07) is 2.88. The molecule has 0 amide bonds. The van der Waals surface area contributed by atoms with E-state index in [1.165, 1.54) is 12.8 Å². The van der Waals surface area contributed by atoms with Crippen LogP contribution in [0.25, 0.3) is 0 Å². The molecule has 2 aliphatic rings. The molecular formula is C13H19N5. The normalized spacial score (nSPS) is 27.1. The van der Waals surface area contributed by atoms with E-state index >= 15 is 0 Å². The summed E-state index contributed by atoms with van der Waals surface area (Å²) >= 11 is 0. The van der Waals surface area contributed by atoms with Gasteiger partial charge >= 0.3 is 0 Å². The number of nitrogens with one attached hydrogen (secondary N) is 1. The number of nitrogens with zero attached hydrogens (tertiary/aromatic N) is 4. The highest BCUT2D eigenvalue weighted by molar-refractivity contribution is 5.57. The Morgan fingerprint density at radius 1 is 1.44 bits per heavy atom. The summed E-state index contributed by atoms with van der Waals surface area (Å²) in [5.41, 5.74) is 1.56. The first-order valence-corrected chi connectivity index (χ1v) is 6.62. The minimum absolute atomic E-state index is 0.584. The Morgan fingerprint density at radius 2 is 2.28 bits per heavy atom. The maximum atomic E-state index is 9.29. The Hall–Kier alpha value is -1.54. The van der Waals surface area contributed by atoms with E-state index in [9.17, 15) is 5.26 Å². The van der Waals surface area contributed by atoms with Crippen molar-refractivity contribution in [3.63, 3.8) is 0 Å². The molecule has 3 heterocycles. The monoisotopic (exact) mass is 245 g/mol. The van der Waals surface area contributed by atoms with Gasteiger partial charge in [-0.05, 0) is 32.2 Å². The van der Waals surface area contributed by atoms with Crippen molar-refractivity contribution >= 4 is 5.82 Å². The van der Waals surface area contributed by atoms with Crippen LogP contribution >= 0.6 is 0 Å². The van der Waals surface area contributed by atoms with Crippen LogP contribution in [0, 0.1) is 24.2 Å². The molecular weight excluding hydrogens is 226 g/mol. The Bertz CT molecular complexity index is 484. The molecule has 0 aliphatic carbocycles. The van der Waals surface area contributed by atoms with Crippen LogP contribution in [0.4, 0.5) is 5.82 Å². The zero-order valence-electron chi connectivity index (χ0n) is 11.0. The van der Waals surface area contributed by atoms with Crippen LogP contribution in [0.1, 0.15) is 24.1 Å². The third kappa shape index (κ3) is 1.68. The molecule has 2 aliphatic heterocycles. The Kier molecular flexibility index (Phi) is 2.75. The fourth-order valence-corrected chi connectivity index (χ4v) is 3.36. The van der Waals surface area contributed by atoms with Crippen molar-refractivity contribution in [3.05, 3.63) is 11.3 Å². The quantitative estimate of drug-likeness (QED) is 0.794. The van der Waals surface area contributed by atoms with Crippen LogP contribution in [0.3, 0.4) is 0 Å². The molecule has 5 heteroatoms. The lowest BCUT2D eigenvalue weighted by molar-refractivity contribution is 0.340. The van der Waals surface area contributed by atoms with Gasteiger partial charge in [0.1, 0.15) is 17.5 Å². The molecule has 0 bridgehead atoms. The van der Waals surface area contributed by atoms with Gasteiger partial charge in [-0.2, -0.15) is 10.4 Å². The van der Waals surface area contributed by atoms with E-state index in [0.29, 0.717) is 6.04 Å². The van der Waals surface area contributed by atoms with Gasteiger partial charge in [-0.15, -0.1) is 0 Å². The molecule has 1 aromatic rings. The number of nitriles is 1. The molecule has 0 aromatic carbocycles. The van der Waals surface area contributed by atoms with Gasteiger partial charge < -0.3 is 10.2 Å². The first-order chi connectivity index (χ1) is 8.70. The van der Waals surface area contributed by atoms with E-state index in [2.05, 4.69) is 21.4 Å². The summed E-state index contributed by atoms with van der Waals surface area (Å²) in [5, 5.41) is 17.3. The fourth-order valence-electron chi connectivity index (χ4n) is 3.36. The zero-order valence-corrected chi connectivity index (χ0v) is 11.0. The minimum Gasteiger partial charge on any atom is -0.354 e. The number of hydrogen-bond donors (Lipinski definition) is 1. The van der Waals surface area contributed by atoms with Crippen molar-refractivity contribution in [2.45, 2.75) is 25.8 Å². The second-order valence-electron chi connectivity index (χ2n) is 5.39. The lowest BCUT2D eigenvalue weighted by atomic mass is 9.94. The Balaban J connectivity index is 1.90. The average Bonchev–Trinajstić information content (AvgIpc) is 2.88. The lowest BCUT2D eigenvalue weighted by Gasteiger charge is -2.24. The molecule has 0 spiro atoms. The van der Waals surface area contributed by atoms with Gasteiger partial charge in [0.15, 0.2) is 0 Å². The molecule has 2 unspecified atom stereocenters. The second kappa shape index (κ2) is 4.29. The third-order valence-electron chi connectivity index (χ3n) is 4.20. The maximum absolute atomic E-state index is 9.29. The topological polar surface area (TPSA) is 56.9 Å². The predicted molar refractivity (Wildman–Crippen MR) is 69.4 cm³/mol. The molecule has 3 rings (SSSR count). The maximum Gasteiger partial charge on any atom is 0.145 e. The molecule has 96 valence electrons. The number of piperidine rings is 1. The van der Waals surface area contributed by atoms with Gasteiger partial charge in [0.05, 0.1) is 5.69 Å². The summed E-state index contributed by atoms with van der Waals surface area (Å²) in [6.45, 7) is 5.08. The van der Waals surface area contributed by atoms with Crippen molar-refractivity contribution in [2.24, 2.45) is 13.0 Å². The highest BCUT2D eigenvalue weighted by atomic mass is 15.4. The van der Waals surface area contributed by atoms with Crippen molar-refractivity contribution < 1.29 is 0 Å². The van der Waals surface area contributed by atoms with E-state index in [1.54, 1.807) is 0 Å².